The molecule has 1 aromatic heterocycles. The summed E-state index contributed by atoms with van der Waals surface area (Å²) >= 11 is 0. The van der Waals surface area contributed by atoms with E-state index in [2.05, 4.69) is 4.98 Å². The van der Waals surface area contributed by atoms with Crippen LogP contribution in [0.4, 0.5) is 5.95 Å². The molecule has 0 fully saturated rings. The number of para-hydroxylation sites is 2. The number of imidazole rings is 1. The molecular formula is C9H9N3O3. The molecule has 1 N–H and O–H groups in total. The molecule has 15 heavy (non-hydrogen) atoms. The van der Waals surface area contributed by atoms with Crippen LogP contribution >= 0.6 is 0 Å². The molecule has 0 saturated heterocycles. The number of nitrogens with zero attached hydrogens (tertiary/aromatic N) is 3. The van der Waals surface area contributed by atoms with E-state index in [4.69, 9.17) is 5.11 Å². The van der Waals surface area contributed by atoms with Crippen LogP contribution in [0.25, 0.3) is 11.0 Å². The minimum Gasteiger partial charge on any atom is -0.393 e. The molecule has 0 bridgehead atoms. The van der Waals surface area contributed by atoms with Gasteiger partial charge < -0.3 is 15.2 Å². The summed E-state index contributed by atoms with van der Waals surface area (Å²) in [7, 11) is 0. The highest BCUT2D eigenvalue weighted by molar-refractivity contribution is 5.77. The number of hydrogen-bond donors (Lipinski definition) is 1. The first-order chi connectivity index (χ1) is 7.24. The topological polar surface area (TPSA) is 81.2 Å². The molecule has 78 valence electrons. The molecular weight excluding hydrogens is 198 g/mol. The van der Waals surface area contributed by atoms with Gasteiger partial charge in [0.2, 0.25) is 0 Å². The predicted octanol–water partition coefficient (Wildman–Crippen LogP) is 0.937. The summed E-state index contributed by atoms with van der Waals surface area (Å²) in [5.41, 5.74) is 1.23. The smallest absolute Gasteiger partial charge is 0.393 e. The highest BCUT2D eigenvalue weighted by atomic mass is 16.6. The van der Waals surface area contributed by atoms with Gasteiger partial charge in [-0.3, -0.25) is 0 Å². The number of nitro groups is 1. The Morgan fingerprint density at radius 3 is 2.87 bits per heavy atom. The molecule has 2 rings (SSSR count). The maximum atomic E-state index is 10.7. The van der Waals surface area contributed by atoms with E-state index in [-0.39, 0.29) is 19.1 Å². The minimum absolute atomic E-state index is 0.152. The van der Waals surface area contributed by atoms with Gasteiger partial charge in [-0.1, -0.05) is 17.1 Å². The zero-order valence-corrected chi connectivity index (χ0v) is 7.83. The van der Waals surface area contributed by atoms with Gasteiger partial charge in [0.25, 0.3) is 0 Å². The van der Waals surface area contributed by atoms with Crippen LogP contribution in [-0.4, -0.2) is 26.2 Å². The molecule has 1 heterocycles. The van der Waals surface area contributed by atoms with Crippen LogP contribution < -0.4 is 0 Å². The van der Waals surface area contributed by atoms with Crippen LogP contribution in [0.15, 0.2) is 24.3 Å². The zero-order chi connectivity index (χ0) is 10.8. The lowest BCUT2D eigenvalue weighted by Crippen LogP contribution is -2.06. The molecule has 0 aliphatic carbocycles. The number of hydrogen-bond acceptors (Lipinski definition) is 4. The van der Waals surface area contributed by atoms with Gasteiger partial charge in [-0.15, -0.1) is 0 Å². The molecule has 0 aliphatic heterocycles. The number of aliphatic hydroxyl groups is 1. The first-order valence-electron chi connectivity index (χ1n) is 4.44. The van der Waals surface area contributed by atoms with Gasteiger partial charge in [-0.05, 0) is 17.1 Å². The number of benzene rings is 1. The fourth-order valence-corrected chi connectivity index (χ4v) is 1.52. The van der Waals surface area contributed by atoms with Crippen molar-refractivity contribution in [1.82, 2.24) is 9.55 Å². The van der Waals surface area contributed by atoms with E-state index >= 15 is 0 Å². The number of fused-ring (bicyclic) bond motifs is 1. The average Bonchev–Trinajstić information content (AvgIpc) is 2.58. The lowest BCUT2D eigenvalue weighted by Gasteiger charge is -1.98. The molecule has 2 aromatic rings. The highest BCUT2D eigenvalue weighted by Gasteiger charge is 2.20. The van der Waals surface area contributed by atoms with Crippen LogP contribution in [0.1, 0.15) is 0 Å². The SMILES string of the molecule is O=[N+]([O-])c1nc2ccccc2n1CCO. The van der Waals surface area contributed by atoms with Crippen LogP contribution in [0.5, 0.6) is 0 Å². The molecule has 0 amide bonds. The van der Waals surface area contributed by atoms with Crippen LogP contribution in [0, 0.1) is 10.1 Å². The van der Waals surface area contributed by atoms with E-state index in [1.165, 1.54) is 4.57 Å². The standard InChI is InChI=1S/C9H9N3O3/c13-6-5-11-8-4-2-1-3-7(8)10-9(11)12(14)15/h1-4,13H,5-6H2. The van der Waals surface area contributed by atoms with Gasteiger partial charge in [0.15, 0.2) is 5.52 Å². The number of aliphatic hydroxyl groups excluding tert-OH is 1. The average molecular weight is 207 g/mol. The number of aromatic nitrogens is 2. The van der Waals surface area contributed by atoms with Crippen molar-refractivity contribution in [3.63, 3.8) is 0 Å². The highest BCUT2D eigenvalue weighted by Crippen LogP contribution is 2.20. The van der Waals surface area contributed by atoms with Crippen molar-refractivity contribution in [3.8, 4) is 0 Å². The Labute approximate surface area is 84.9 Å². The molecule has 0 atom stereocenters. The normalized spacial score (nSPS) is 10.7. The van der Waals surface area contributed by atoms with Crippen molar-refractivity contribution < 1.29 is 10.0 Å². The first-order valence-corrected chi connectivity index (χ1v) is 4.44. The zero-order valence-electron chi connectivity index (χ0n) is 7.83. The quantitative estimate of drug-likeness (QED) is 0.599. The summed E-state index contributed by atoms with van der Waals surface area (Å²) in [6.45, 7) is 0.0258. The molecule has 0 radical (unpaired) electrons. The van der Waals surface area contributed by atoms with Crippen LogP contribution in [0.2, 0.25) is 0 Å². The van der Waals surface area contributed by atoms with Gasteiger partial charge in [0.05, 0.1) is 13.2 Å². The maximum absolute atomic E-state index is 10.7. The van der Waals surface area contributed by atoms with Crippen molar-refractivity contribution in [3.05, 3.63) is 34.4 Å². The summed E-state index contributed by atoms with van der Waals surface area (Å²) in [6.07, 6.45) is 0. The largest absolute Gasteiger partial charge is 0.435 e. The Kier molecular flexibility index (Phi) is 2.34. The maximum Gasteiger partial charge on any atom is 0.435 e. The van der Waals surface area contributed by atoms with E-state index in [1.807, 2.05) is 0 Å². The fraction of sp³-hybridized carbons (Fsp3) is 0.222. The fourth-order valence-electron chi connectivity index (χ4n) is 1.52. The van der Waals surface area contributed by atoms with E-state index in [9.17, 15) is 10.1 Å². The van der Waals surface area contributed by atoms with Crippen molar-refractivity contribution in [1.29, 1.82) is 0 Å². The molecule has 6 nitrogen and oxygen atoms in total. The summed E-state index contributed by atoms with van der Waals surface area (Å²) in [4.78, 5) is 14.0. The molecule has 6 heteroatoms. The molecule has 1 aromatic carbocycles. The van der Waals surface area contributed by atoms with E-state index < -0.39 is 4.92 Å². The molecule has 0 saturated carbocycles. The predicted molar refractivity (Wildman–Crippen MR) is 53.5 cm³/mol. The third kappa shape index (κ3) is 1.55. The summed E-state index contributed by atoms with van der Waals surface area (Å²) in [5, 5.41) is 19.5. The Bertz CT molecular complexity index is 506. The second kappa shape index (κ2) is 3.66. The second-order valence-electron chi connectivity index (χ2n) is 3.03. The molecule has 0 aliphatic rings. The Hall–Kier alpha value is -1.95. The Balaban J connectivity index is 2.68. The third-order valence-corrected chi connectivity index (χ3v) is 2.12. The van der Waals surface area contributed by atoms with Crippen molar-refractivity contribution in [2.24, 2.45) is 0 Å². The summed E-state index contributed by atoms with van der Waals surface area (Å²) in [6, 6.07) is 6.99. The molecule has 0 spiro atoms. The third-order valence-electron chi connectivity index (χ3n) is 2.12. The van der Waals surface area contributed by atoms with Crippen molar-refractivity contribution in [2.75, 3.05) is 6.61 Å². The molecule has 0 unspecified atom stereocenters. The van der Waals surface area contributed by atoms with Gasteiger partial charge >= 0.3 is 5.95 Å². The Morgan fingerprint density at radius 2 is 2.20 bits per heavy atom. The van der Waals surface area contributed by atoms with Crippen LogP contribution in [0.3, 0.4) is 0 Å². The van der Waals surface area contributed by atoms with Crippen molar-refractivity contribution >= 4 is 17.0 Å². The van der Waals surface area contributed by atoms with Gasteiger partial charge in [0.1, 0.15) is 5.52 Å². The van der Waals surface area contributed by atoms with Gasteiger partial charge in [0, 0.05) is 0 Å². The van der Waals surface area contributed by atoms with E-state index in [1.54, 1.807) is 24.3 Å². The lowest BCUT2D eigenvalue weighted by atomic mass is 10.3. The van der Waals surface area contributed by atoms with Crippen molar-refractivity contribution in [2.45, 2.75) is 6.54 Å². The van der Waals surface area contributed by atoms with E-state index in [0.717, 1.165) is 0 Å². The Morgan fingerprint density at radius 1 is 1.47 bits per heavy atom. The van der Waals surface area contributed by atoms with Gasteiger partial charge in [-0.2, -0.15) is 0 Å². The van der Waals surface area contributed by atoms with Crippen LogP contribution in [-0.2, 0) is 6.54 Å². The monoisotopic (exact) mass is 207 g/mol. The van der Waals surface area contributed by atoms with Gasteiger partial charge in [-0.25, -0.2) is 4.57 Å². The lowest BCUT2D eigenvalue weighted by molar-refractivity contribution is -0.396. The van der Waals surface area contributed by atoms with E-state index in [0.29, 0.717) is 11.0 Å². The summed E-state index contributed by atoms with van der Waals surface area (Å²) in [5.74, 6) is -0.231. The first kappa shape index (κ1) is 9.60. The minimum atomic E-state index is -0.546. The number of rotatable bonds is 3. The summed E-state index contributed by atoms with van der Waals surface area (Å²) < 4.78 is 1.40. The second-order valence-corrected chi connectivity index (χ2v) is 3.03.